The Morgan fingerprint density at radius 2 is 2.19 bits per heavy atom. The largest absolute Gasteiger partial charge is 0.481 e. The molecule has 8 nitrogen and oxygen atoms in total. The summed E-state index contributed by atoms with van der Waals surface area (Å²) in [6, 6.07) is 5.00. The minimum atomic E-state index is -1.29. The molecule has 2 heterocycles. The topological polar surface area (TPSA) is 114 Å². The summed E-state index contributed by atoms with van der Waals surface area (Å²) in [7, 11) is 4.54. The summed E-state index contributed by atoms with van der Waals surface area (Å²) in [5.74, 6) is -1.26. The highest BCUT2D eigenvalue weighted by atomic mass is 19.1. The molecule has 3 rings (SSSR count). The predicted octanol–water partition coefficient (Wildman–Crippen LogP) is 2.53. The van der Waals surface area contributed by atoms with E-state index in [4.69, 9.17) is 20.6 Å². The van der Waals surface area contributed by atoms with Gasteiger partial charge in [-0.1, -0.05) is 0 Å². The number of likely N-dealkylation sites (N-methyl/N-ethyl adjacent to an activating group) is 2. The maximum atomic E-state index is 14.0. The van der Waals surface area contributed by atoms with E-state index in [1.807, 2.05) is 0 Å². The number of halogens is 2. The number of fused-ring (bicyclic) bond motifs is 3. The molecular formula is C21H23F2N5O3. The summed E-state index contributed by atoms with van der Waals surface area (Å²) in [6.45, 7) is -0.969. The maximum Gasteiger partial charge on any atom is 0.254 e. The van der Waals surface area contributed by atoms with E-state index in [9.17, 15) is 13.6 Å². The van der Waals surface area contributed by atoms with Crippen LogP contribution in [0.25, 0.3) is 5.57 Å². The highest BCUT2D eigenvalue weighted by Crippen LogP contribution is 2.33. The smallest absolute Gasteiger partial charge is 0.254 e. The lowest BCUT2D eigenvalue weighted by Gasteiger charge is -2.26. The van der Waals surface area contributed by atoms with Gasteiger partial charge >= 0.3 is 0 Å². The Kier molecular flexibility index (Phi) is 6.38. The van der Waals surface area contributed by atoms with Crippen molar-refractivity contribution < 1.29 is 23.0 Å². The van der Waals surface area contributed by atoms with Crippen LogP contribution in [0.1, 0.15) is 27.6 Å². The summed E-state index contributed by atoms with van der Waals surface area (Å²) in [5, 5.41) is 11.2. The molecule has 1 aliphatic rings. The second-order valence-electron chi connectivity index (χ2n) is 6.90. The van der Waals surface area contributed by atoms with E-state index in [0.29, 0.717) is 16.8 Å². The van der Waals surface area contributed by atoms with Crippen molar-refractivity contribution >= 4 is 23.2 Å². The molecule has 0 saturated heterocycles. The number of hydrogen-bond acceptors (Lipinski definition) is 7. The lowest BCUT2D eigenvalue weighted by Crippen LogP contribution is -2.34. The number of rotatable bonds is 3. The zero-order valence-corrected chi connectivity index (χ0v) is 17.3. The Balaban J connectivity index is 2.30. The van der Waals surface area contributed by atoms with Gasteiger partial charge in [0, 0.05) is 42.7 Å². The number of aromatic nitrogens is 1. The minimum absolute atomic E-state index is 0.0186. The highest BCUT2D eigenvalue weighted by Gasteiger charge is 2.27. The van der Waals surface area contributed by atoms with Crippen LogP contribution in [0.2, 0.25) is 0 Å². The number of anilines is 1. The minimum Gasteiger partial charge on any atom is -0.481 e. The van der Waals surface area contributed by atoms with Gasteiger partial charge in [-0.05, 0) is 24.3 Å². The van der Waals surface area contributed by atoms with Gasteiger partial charge < -0.3 is 25.4 Å². The van der Waals surface area contributed by atoms with Gasteiger partial charge in [-0.2, -0.15) is 0 Å². The number of methoxy groups -OCH3 is 1. The molecule has 31 heavy (non-hydrogen) atoms. The van der Waals surface area contributed by atoms with E-state index in [2.05, 4.69) is 10.3 Å². The number of hydrogen-bond donors (Lipinski definition) is 3. The number of alkyl halides is 1. The summed E-state index contributed by atoms with van der Waals surface area (Å²) in [6.07, 6.45) is 0.133. The van der Waals surface area contributed by atoms with Crippen molar-refractivity contribution in [3.8, 4) is 5.75 Å². The van der Waals surface area contributed by atoms with Gasteiger partial charge in [0.2, 0.25) is 5.90 Å². The molecule has 0 spiro atoms. The van der Waals surface area contributed by atoms with Crippen LogP contribution in [-0.2, 0) is 4.74 Å². The molecule has 1 atom stereocenters. The fraction of sp³-hybridized carbons (Fsp3) is 0.286. The molecule has 1 aromatic carbocycles. The third kappa shape index (κ3) is 4.27. The van der Waals surface area contributed by atoms with Gasteiger partial charge in [0.05, 0.1) is 19.2 Å². The number of carbonyl (C=O) groups is 1. The lowest BCUT2D eigenvalue weighted by atomic mass is 10.00. The fourth-order valence-electron chi connectivity index (χ4n) is 3.35. The SMILES string of the molecule is CN/C1=C(\C(=N)OC)c2cnc(N)c(c2)OC(CF)c2cc(F)ccc2C(=O)N(C)C1. The van der Waals surface area contributed by atoms with Crippen molar-refractivity contribution in [3.05, 3.63) is 58.7 Å². The standard InChI is InChI=1S/C21H23F2N5O3/c1-26-15-10-28(2)21(29)13-5-4-12(23)7-14(13)17(8-22)31-16-6-11(9-27-19(16)24)18(15)20(25)30-3/h4-7,9,17,25-26H,8,10H2,1-3H3,(H2,24,27)/b18-15-,25-20?. The third-order valence-corrected chi connectivity index (χ3v) is 4.95. The molecule has 1 amide bonds. The van der Waals surface area contributed by atoms with Crippen molar-refractivity contribution in [2.45, 2.75) is 6.10 Å². The van der Waals surface area contributed by atoms with Crippen LogP contribution in [0.5, 0.6) is 5.75 Å². The first-order chi connectivity index (χ1) is 14.8. The van der Waals surface area contributed by atoms with E-state index in [-0.39, 0.29) is 35.1 Å². The molecule has 0 fully saturated rings. The fourth-order valence-corrected chi connectivity index (χ4v) is 3.35. The Bertz CT molecular complexity index is 1060. The molecule has 164 valence electrons. The zero-order chi connectivity index (χ0) is 22.7. The number of carbonyl (C=O) groups excluding carboxylic acids is 1. The van der Waals surface area contributed by atoms with Crippen LogP contribution < -0.4 is 15.8 Å². The molecule has 1 aromatic heterocycles. The number of nitrogens with two attached hydrogens (primary N) is 1. The van der Waals surface area contributed by atoms with Gasteiger partial charge in [-0.25, -0.2) is 13.8 Å². The monoisotopic (exact) mass is 431 g/mol. The second kappa shape index (κ2) is 8.99. The molecule has 0 aliphatic carbocycles. The van der Waals surface area contributed by atoms with Crippen LogP contribution >= 0.6 is 0 Å². The van der Waals surface area contributed by atoms with E-state index < -0.39 is 24.5 Å². The quantitative estimate of drug-likeness (QED) is 0.508. The Hall–Kier alpha value is -3.69. The van der Waals surface area contributed by atoms with Crippen LogP contribution in [0.15, 0.2) is 36.2 Å². The highest BCUT2D eigenvalue weighted by molar-refractivity contribution is 6.19. The van der Waals surface area contributed by atoms with Crippen molar-refractivity contribution in [2.75, 3.05) is 40.2 Å². The molecule has 4 N–H and O–H groups in total. The normalized spacial score (nSPS) is 18.9. The molecule has 2 aromatic rings. The van der Waals surface area contributed by atoms with Gasteiger partial charge in [0.1, 0.15) is 12.5 Å². The first kappa shape index (κ1) is 22.0. The van der Waals surface area contributed by atoms with Gasteiger partial charge in [0.25, 0.3) is 5.91 Å². The first-order valence-electron chi connectivity index (χ1n) is 9.37. The van der Waals surface area contributed by atoms with E-state index >= 15 is 0 Å². The molecule has 0 saturated carbocycles. The first-order valence-corrected chi connectivity index (χ1v) is 9.37. The summed E-state index contributed by atoms with van der Waals surface area (Å²) in [4.78, 5) is 18.6. The number of amides is 1. The van der Waals surface area contributed by atoms with Gasteiger partial charge in [-0.3, -0.25) is 10.2 Å². The summed E-state index contributed by atoms with van der Waals surface area (Å²) < 4.78 is 38.9. The van der Waals surface area contributed by atoms with Gasteiger partial charge in [0.15, 0.2) is 17.7 Å². The number of nitrogens with zero attached hydrogens (tertiary/aromatic N) is 2. The van der Waals surface area contributed by atoms with E-state index in [0.717, 1.165) is 12.1 Å². The van der Waals surface area contributed by atoms with Crippen molar-refractivity contribution in [3.63, 3.8) is 0 Å². The zero-order valence-electron chi connectivity index (χ0n) is 17.3. The number of ether oxygens (including phenoxy) is 2. The van der Waals surface area contributed by atoms with Crippen molar-refractivity contribution in [1.82, 2.24) is 15.2 Å². The van der Waals surface area contributed by atoms with Crippen molar-refractivity contribution in [2.24, 2.45) is 0 Å². The van der Waals surface area contributed by atoms with Crippen LogP contribution in [-0.4, -0.2) is 56.1 Å². The Labute approximate surface area is 178 Å². The lowest BCUT2D eigenvalue weighted by molar-refractivity contribution is 0.0797. The molecular weight excluding hydrogens is 408 g/mol. The van der Waals surface area contributed by atoms with Gasteiger partial charge in [-0.15, -0.1) is 0 Å². The average Bonchev–Trinajstić information content (AvgIpc) is 2.77. The molecule has 1 aliphatic heterocycles. The van der Waals surface area contributed by atoms with E-state index in [1.54, 1.807) is 14.1 Å². The maximum absolute atomic E-state index is 14.0. The van der Waals surface area contributed by atoms with Crippen molar-refractivity contribution in [1.29, 1.82) is 5.41 Å². The number of pyridine rings is 1. The second-order valence-corrected chi connectivity index (χ2v) is 6.90. The Morgan fingerprint density at radius 3 is 2.84 bits per heavy atom. The van der Waals surface area contributed by atoms with Crippen LogP contribution in [0.4, 0.5) is 14.6 Å². The summed E-state index contributed by atoms with van der Waals surface area (Å²) >= 11 is 0. The third-order valence-electron chi connectivity index (χ3n) is 4.95. The average molecular weight is 431 g/mol. The number of nitrogens with one attached hydrogen (secondary N) is 2. The van der Waals surface area contributed by atoms with E-state index in [1.165, 1.54) is 30.3 Å². The molecule has 0 radical (unpaired) electrons. The van der Waals surface area contributed by atoms with Crippen LogP contribution in [0, 0.1) is 11.2 Å². The molecule has 10 heteroatoms. The Morgan fingerprint density at radius 1 is 1.45 bits per heavy atom. The molecule has 1 unspecified atom stereocenters. The predicted molar refractivity (Wildman–Crippen MR) is 112 cm³/mol. The number of nitrogen functional groups attached to an aromatic ring is 1. The summed E-state index contributed by atoms with van der Waals surface area (Å²) in [5.41, 5.74) is 7.32. The van der Waals surface area contributed by atoms with Crippen LogP contribution in [0.3, 0.4) is 0 Å². The number of benzene rings is 1. The molecule has 2 bridgehead atoms.